The number of allylic oxidation sites excluding steroid dienone is 2. The van der Waals surface area contributed by atoms with Gasteiger partial charge >= 0.3 is 0 Å². The molecule has 0 heterocycles. The van der Waals surface area contributed by atoms with E-state index in [1.807, 2.05) is 19.1 Å². The van der Waals surface area contributed by atoms with Crippen molar-refractivity contribution in [1.29, 1.82) is 0 Å². The summed E-state index contributed by atoms with van der Waals surface area (Å²) in [4.78, 5) is 48.5. The molecule has 0 fully saturated rings. The molecule has 0 unspecified atom stereocenters. The number of anilines is 1. The topological polar surface area (TPSA) is 121 Å². The van der Waals surface area contributed by atoms with Gasteiger partial charge in [0.05, 0.1) is 5.57 Å². The van der Waals surface area contributed by atoms with Gasteiger partial charge in [0.2, 0.25) is 11.6 Å². The lowest BCUT2D eigenvalue weighted by Crippen LogP contribution is -2.21. The van der Waals surface area contributed by atoms with Crippen molar-refractivity contribution in [2.24, 2.45) is 0 Å². The Morgan fingerprint density at radius 2 is 1.62 bits per heavy atom. The zero-order chi connectivity index (χ0) is 21.1. The third-order valence-electron chi connectivity index (χ3n) is 4.39. The van der Waals surface area contributed by atoms with Crippen LogP contribution in [-0.2, 0) is 9.59 Å². The zero-order valence-electron chi connectivity index (χ0n) is 15.4. The fraction of sp³-hybridized carbons (Fsp3) is 0.0909. The number of aliphatic hydroxyl groups excluding tert-OH is 2. The minimum Gasteiger partial charge on any atom is -0.504 e. The summed E-state index contributed by atoms with van der Waals surface area (Å²) < 4.78 is 0. The molecule has 1 aliphatic carbocycles. The van der Waals surface area contributed by atoms with Gasteiger partial charge in [-0.15, -0.1) is 0 Å². The smallest absolute Gasteiger partial charge is 0.255 e. The maximum atomic E-state index is 12.5. The Kier molecular flexibility index (Phi) is 5.40. The lowest BCUT2D eigenvalue weighted by atomic mass is 9.93. The molecule has 29 heavy (non-hydrogen) atoms. The second kappa shape index (κ2) is 7.93. The summed E-state index contributed by atoms with van der Waals surface area (Å²) in [7, 11) is 0. The van der Waals surface area contributed by atoms with Crippen LogP contribution in [0.4, 0.5) is 5.69 Å². The van der Waals surface area contributed by atoms with Crippen LogP contribution in [0.5, 0.6) is 0 Å². The molecule has 3 N–H and O–H groups in total. The Balaban J connectivity index is 1.78. The molecule has 0 bridgehead atoms. The summed E-state index contributed by atoms with van der Waals surface area (Å²) in [5, 5.41) is 22.0. The van der Waals surface area contributed by atoms with Gasteiger partial charge in [-0.05, 0) is 31.2 Å². The fourth-order valence-electron chi connectivity index (χ4n) is 2.77. The first-order valence-corrected chi connectivity index (χ1v) is 8.69. The number of nitrogens with one attached hydrogen (secondary N) is 1. The van der Waals surface area contributed by atoms with Crippen LogP contribution >= 0.6 is 0 Å². The zero-order valence-corrected chi connectivity index (χ0v) is 15.4. The molecule has 0 spiro atoms. The summed E-state index contributed by atoms with van der Waals surface area (Å²) in [5.41, 5.74) is 1.51. The van der Waals surface area contributed by atoms with Crippen LogP contribution in [0.15, 0.2) is 71.7 Å². The summed E-state index contributed by atoms with van der Waals surface area (Å²) in [5.74, 6) is -4.64. The monoisotopic (exact) mass is 391 g/mol. The number of benzene rings is 2. The van der Waals surface area contributed by atoms with Gasteiger partial charge in [0.15, 0.2) is 17.3 Å². The Bertz CT molecular complexity index is 1090. The van der Waals surface area contributed by atoms with E-state index in [-0.39, 0.29) is 11.1 Å². The van der Waals surface area contributed by atoms with E-state index in [2.05, 4.69) is 5.32 Å². The van der Waals surface area contributed by atoms with Crippen LogP contribution in [0.3, 0.4) is 0 Å². The minimum absolute atomic E-state index is 0.121. The molecule has 2 aromatic carbocycles. The fourth-order valence-corrected chi connectivity index (χ4v) is 2.77. The normalized spacial score (nSPS) is 13.9. The van der Waals surface area contributed by atoms with Crippen molar-refractivity contribution in [2.75, 3.05) is 5.32 Å². The molecule has 2 aromatic rings. The van der Waals surface area contributed by atoms with E-state index in [9.17, 15) is 29.4 Å². The second-order valence-corrected chi connectivity index (χ2v) is 6.55. The molecule has 0 aliphatic heterocycles. The highest BCUT2D eigenvalue weighted by atomic mass is 16.3. The minimum atomic E-state index is -0.983. The van der Waals surface area contributed by atoms with Crippen molar-refractivity contribution in [3.63, 3.8) is 0 Å². The Morgan fingerprint density at radius 3 is 2.31 bits per heavy atom. The lowest BCUT2D eigenvalue weighted by Gasteiger charge is -2.12. The van der Waals surface area contributed by atoms with Crippen molar-refractivity contribution in [3.05, 3.63) is 88.4 Å². The molecule has 0 aromatic heterocycles. The SMILES string of the molecule is Cc1ccc(NC(=O)c2cccc(C(=O)CC3=C(O)C(=O)C=C(O)C3=O)c2)cc1. The first-order chi connectivity index (χ1) is 13.8. The lowest BCUT2D eigenvalue weighted by molar-refractivity contribution is -0.119. The molecule has 7 heteroatoms. The molecule has 1 aliphatic rings. The summed E-state index contributed by atoms with van der Waals surface area (Å²) in [6, 6.07) is 13.1. The number of aryl methyl sites for hydroxylation is 1. The van der Waals surface area contributed by atoms with Crippen LogP contribution in [0.25, 0.3) is 0 Å². The van der Waals surface area contributed by atoms with Gasteiger partial charge in [-0.3, -0.25) is 19.2 Å². The van der Waals surface area contributed by atoms with Gasteiger partial charge in [0, 0.05) is 29.3 Å². The molecule has 3 rings (SSSR count). The molecule has 0 radical (unpaired) electrons. The number of hydrogen-bond donors (Lipinski definition) is 3. The van der Waals surface area contributed by atoms with Crippen molar-refractivity contribution < 1.29 is 29.4 Å². The number of aliphatic hydroxyl groups is 2. The Labute approximate surface area is 166 Å². The first kappa shape index (κ1) is 19.8. The van der Waals surface area contributed by atoms with Gasteiger partial charge in [0.25, 0.3) is 5.91 Å². The largest absolute Gasteiger partial charge is 0.504 e. The maximum Gasteiger partial charge on any atom is 0.255 e. The predicted molar refractivity (Wildman–Crippen MR) is 105 cm³/mol. The Morgan fingerprint density at radius 1 is 0.966 bits per heavy atom. The summed E-state index contributed by atoms with van der Waals surface area (Å²) in [6.45, 7) is 1.92. The molecular formula is C22H17NO6. The highest BCUT2D eigenvalue weighted by Gasteiger charge is 2.30. The quantitative estimate of drug-likeness (QED) is 0.532. The van der Waals surface area contributed by atoms with Crippen molar-refractivity contribution >= 4 is 28.9 Å². The van der Waals surface area contributed by atoms with Gasteiger partial charge in [-0.2, -0.15) is 0 Å². The number of hydrogen-bond acceptors (Lipinski definition) is 6. The number of rotatable bonds is 5. The highest BCUT2D eigenvalue weighted by molar-refractivity contribution is 6.22. The van der Waals surface area contributed by atoms with E-state index in [1.165, 1.54) is 24.3 Å². The van der Waals surface area contributed by atoms with Crippen molar-refractivity contribution in [1.82, 2.24) is 0 Å². The average Bonchev–Trinajstić information content (AvgIpc) is 2.71. The summed E-state index contributed by atoms with van der Waals surface area (Å²) in [6.07, 6.45) is 0.0129. The van der Waals surface area contributed by atoms with E-state index in [0.717, 1.165) is 5.56 Å². The number of amides is 1. The van der Waals surface area contributed by atoms with Gasteiger partial charge in [-0.1, -0.05) is 29.8 Å². The van der Waals surface area contributed by atoms with E-state index < -0.39 is 46.8 Å². The number of Topliss-reactive ketones (excluding diaryl/α,β-unsaturated/α-hetero) is 2. The van der Waals surface area contributed by atoms with Crippen LogP contribution in [0.1, 0.15) is 32.7 Å². The molecular weight excluding hydrogens is 374 g/mol. The molecule has 0 saturated carbocycles. The Hall–Kier alpha value is -4.00. The standard InChI is InChI=1S/C22H17NO6/c1-12-5-7-15(8-6-12)23-22(29)14-4-2-3-13(9-14)17(24)10-16-20(27)18(25)11-19(26)21(16)28/h2-9,11,25,28H,10H2,1H3,(H,23,29). The van der Waals surface area contributed by atoms with E-state index in [0.29, 0.717) is 11.8 Å². The average molecular weight is 391 g/mol. The third kappa shape index (κ3) is 4.30. The van der Waals surface area contributed by atoms with Crippen LogP contribution < -0.4 is 5.32 Å². The first-order valence-electron chi connectivity index (χ1n) is 8.69. The van der Waals surface area contributed by atoms with Gasteiger partial charge in [0.1, 0.15) is 0 Å². The van der Waals surface area contributed by atoms with Crippen molar-refractivity contribution in [2.45, 2.75) is 13.3 Å². The molecule has 7 nitrogen and oxygen atoms in total. The van der Waals surface area contributed by atoms with Crippen LogP contribution in [0, 0.1) is 6.92 Å². The molecule has 146 valence electrons. The van der Waals surface area contributed by atoms with Gasteiger partial charge in [-0.25, -0.2) is 0 Å². The van der Waals surface area contributed by atoms with E-state index in [1.54, 1.807) is 12.1 Å². The van der Waals surface area contributed by atoms with Crippen molar-refractivity contribution in [3.8, 4) is 0 Å². The number of carbonyl (C=O) groups excluding carboxylic acids is 4. The number of ketones is 3. The van der Waals surface area contributed by atoms with E-state index in [4.69, 9.17) is 0 Å². The number of carbonyl (C=O) groups is 4. The van der Waals surface area contributed by atoms with Crippen LogP contribution in [-0.4, -0.2) is 33.5 Å². The van der Waals surface area contributed by atoms with Gasteiger partial charge < -0.3 is 15.5 Å². The van der Waals surface area contributed by atoms with E-state index >= 15 is 0 Å². The highest BCUT2D eigenvalue weighted by Crippen LogP contribution is 2.22. The maximum absolute atomic E-state index is 12.5. The molecule has 1 amide bonds. The molecule has 0 atom stereocenters. The predicted octanol–water partition coefficient (Wildman–Crippen LogP) is 3.23. The second-order valence-electron chi connectivity index (χ2n) is 6.55. The molecule has 0 saturated heterocycles. The third-order valence-corrected chi connectivity index (χ3v) is 4.39. The summed E-state index contributed by atoms with van der Waals surface area (Å²) >= 11 is 0. The van der Waals surface area contributed by atoms with Crippen LogP contribution in [0.2, 0.25) is 0 Å².